The first kappa shape index (κ1) is 27.7. The Bertz CT molecular complexity index is 1090. The van der Waals surface area contributed by atoms with E-state index in [1.807, 2.05) is 6.92 Å². The van der Waals surface area contributed by atoms with Crippen molar-refractivity contribution in [3.8, 4) is 11.6 Å². The number of aliphatic hydroxyl groups is 1. The zero-order chi connectivity index (χ0) is 26.0. The van der Waals surface area contributed by atoms with Gasteiger partial charge in [0.15, 0.2) is 5.82 Å². The van der Waals surface area contributed by atoms with Crippen molar-refractivity contribution < 1.29 is 32.2 Å². The summed E-state index contributed by atoms with van der Waals surface area (Å²) >= 11 is 0. The molecule has 1 fully saturated rings. The maximum atomic E-state index is 14.5. The second-order valence-electron chi connectivity index (χ2n) is 7.83. The topological polar surface area (TPSA) is 112 Å². The Morgan fingerprint density at radius 3 is 2.54 bits per heavy atom. The molecular weight excluding hydrogens is 468 g/mol. The summed E-state index contributed by atoms with van der Waals surface area (Å²) < 4.78 is 64.8. The van der Waals surface area contributed by atoms with E-state index in [0.29, 0.717) is 24.5 Å². The zero-order valence-corrected chi connectivity index (χ0v) is 19.2. The van der Waals surface area contributed by atoms with Crippen LogP contribution in [0, 0.1) is 23.5 Å². The Hall–Kier alpha value is -3.56. The molecule has 4 rings (SSSR count). The largest absolute Gasteiger partial charge is 0.435 e. The number of carbonyl (C=O) groups is 1. The smallest absolute Gasteiger partial charge is 0.296 e. The lowest BCUT2D eigenvalue weighted by atomic mass is 9.70. The average Bonchev–Trinajstić information content (AvgIpc) is 3.37. The van der Waals surface area contributed by atoms with E-state index in [-0.39, 0.29) is 36.3 Å². The minimum atomic E-state index is -2.75. The number of ether oxygens (including phenoxy) is 1. The van der Waals surface area contributed by atoms with Gasteiger partial charge in [-0.2, -0.15) is 0 Å². The molecule has 1 aliphatic carbocycles. The summed E-state index contributed by atoms with van der Waals surface area (Å²) in [5, 5.41) is 7.00. The van der Waals surface area contributed by atoms with Crippen molar-refractivity contribution in [2.45, 2.75) is 38.0 Å². The standard InChI is InChI=1S/C22H20F4N3O.CH3NO.CH4O/c1-13(14-4-6-22(25,26)18(8-14)15-5-7-27-10-15)20-3-2-17(12-28-20)30-21-19(24)9-16(23)11-29-21;2-1-3;1-2/h2-3,5,7,9-14,18H,4,6,8H2,1H3;1H,(H2,2,3);2H,1H3/q+1;;. The third kappa shape index (κ3) is 7.21. The number of rotatable bonds is 5. The summed E-state index contributed by atoms with van der Waals surface area (Å²) in [6, 6.07) is 4.02. The molecule has 1 amide bonds. The van der Waals surface area contributed by atoms with Crippen molar-refractivity contribution in [3.05, 3.63) is 59.6 Å². The first-order valence-corrected chi connectivity index (χ1v) is 10.7. The number of nitrogens with two attached hydrogens (primary N) is 1. The van der Waals surface area contributed by atoms with Gasteiger partial charge in [-0.15, -0.1) is 4.67 Å². The molecule has 3 heterocycles. The second kappa shape index (κ2) is 12.8. The third-order valence-corrected chi connectivity index (χ3v) is 5.80. The lowest BCUT2D eigenvalue weighted by Crippen LogP contribution is -2.38. The Kier molecular flexibility index (Phi) is 10.1. The quantitative estimate of drug-likeness (QED) is 0.374. The van der Waals surface area contributed by atoms with E-state index in [1.54, 1.807) is 18.2 Å². The van der Waals surface area contributed by atoms with Crippen LogP contribution in [0.3, 0.4) is 0 Å². The normalized spacial score (nSPS) is 20.5. The van der Waals surface area contributed by atoms with Gasteiger partial charge in [0.25, 0.3) is 24.2 Å². The van der Waals surface area contributed by atoms with E-state index < -0.39 is 23.5 Å². The number of nitrogens with zero attached hydrogens (tertiary/aromatic N) is 3. The minimum absolute atomic E-state index is 0.0405. The molecule has 7 nitrogen and oxygen atoms in total. The van der Waals surface area contributed by atoms with Gasteiger partial charge < -0.3 is 15.6 Å². The average molecular weight is 495 g/mol. The van der Waals surface area contributed by atoms with Crippen LogP contribution in [0.15, 0.2) is 42.2 Å². The molecule has 3 N–H and O–H groups in total. The van der Waals surface area contributed by atoms with Crippen molar-refractivity contribution in [1.29, 1.82) is 0 Å². The molecule has 1 saturated carbocycles. The summed E-state index contributed by atoms with van der Waals surface area (Å²) in [4.78, 5) is 16.5. The zero-order valence-electron chi connectivity index (χ0n) is 19.2. The van der Waals surface area contributed by atoms with Gasteiger partial charge in [0.1, 0.15) is 11.6 Å². The highest BCUT2D eigenvalue weighted by Crippen LogP contribution is 2.48. The van der Waals surface area contributed by atoms with Gasteiger partial charge in [-0.25, -0.2) is 22.5 Å². The summed E-state index contributed by atoms with van der Waals surface area (Å²) in [5.74, 6) is -5.40. The molecule has 11 heteroatoms. The van der Waals surface area contributed by atoms with Crippen molar-refractivity contribution >= 4 is 18.8 Å². The van der Waals surface area contributed by atoms with Crippen LogP contribution in [0.2, 0.25) is 0 Å². The molecule has 3 atom stereocenters. The fourth-order valence-electron chi connectivity index (χ4n) is 4.04. The van der Waals surface area contributed by atoms with Gasteiger partial charge in [-0.05, 0) is 30.9 Å². The Labute approximate surface area is 200 Å². The Morgan fingerprint density at radius 1 is 1.26 bits per heavy atom. The van der Waals surface area contributed by atoms with E-state index in [2.05, 4.69) is 20.4 Å². The summed E-state index contributed by atoms with van der Waals surface area (Å²) in [6.45, 7) is 1.97. The number of primary amides is 1. The molecule has 2 aliphatic rings. The number of hydrogen-bond acceptors (Lipinski definition) is 5. The van der Waals surface area contributed by atoms with Crippen LogP contribution in [-0.4, -0.2) is 46.9 Å². The number of aliphatic hydroxyl groups excluding tert-OH is 1. The molecule has 188 valence electrons. The first-order valence-electron chi connectivity index (χ1n) is 10.7. The molecule has 0 spiro atoms. The van der Waals surface area contributed by atoms with Crippen LogP contribution in [0.25, 0.3) is 0 Å². The summed E-state index contributed by atoms with van der Waals surface area (Å²) in [5.41, 5.74) is 5.48. The van der Waals surface area contributed by atoms with Gasteiger partial charge >= 0.3 is 0 Å². The van der Waals surface area contributed by atoms with Gasteiger partial charge in [0.2, 0.25) is 6.41 Å². The summed E-state index contributed by atoms with van der Waals surface area (Å²) in [7, 11) is 1.00. The number of amides is 1. The van der Waals surface area contributed by atoms with Crippen molar-refractivity contribution in [3.63, 3.8) is 0 Å². The molecular formula is C24H27F4N4O3+. The van der Waals surface area contributed by atoms with Crippen molar-refractivity contribution in [2.75, 3.05) is 7.11 Å². The Morgan fingerprint density at radius 2 is 1.97 bits per heavy atom. The number of carbonyl (C=O) groups excluding carboxylic acids is 1. The van der Waals surface area contributed by atoms with Crippen molar-refractivity contribution in [2.24, 2.45) is 17.6 Å². The van der Waals surface area contributed by atoms with Gasteiger partial charge in [-0.3, -0.25) is 9.78 Å². The number of hydrogen-bond donors (Lipinski definition) is 2. The highest BCUT2D eigenvalue weighted by atomic mass is 19.3. The van der Waals surface area contributed by atoms with Gasteiger partial charge in [-0.1, -0.05) is 6.92 Å². The molecule has 0 aromatic carbocycles. The van der Waals surface area contributed by atoms with Crippen LogP contribution < -0.4 is 15.1 Å². The van der Waals surface area contributed by atoms with Crippen LogP contribution in [-0.2, 0) is 4.79 Å². The minimum Gasteiger partial charge on any atom is -0.435 e. The van der Waals surface area contributed by atoms with E-state index in [1.165, 1.54) is 18.6 Å². The lowest BCUT2D eigenvalue weighted by molar-refractivity contribution is -0.106. The first-order chi connectivity index (χ1) is 16.7. The number of allylic oxidation sites excluding steroid dienone is 2. The monoisotopic (exact) mass is 495 g/mol. The van der Waals surface area contributed by atoms with Crippen LogP contribution in [0.1, 0.15) is 37.8 Å². The van der Waals surface area contributed by atoms with E-state index in [4.69, 9.17) is 14.6 Å². The predicted octanol–water partition coefficient (Wildman–Crippen LogP) is 3.56. The number of aromatic nitrogens is 2. The number of alkyl halides is 2. The van der Waals surface area contributed by atoms with Gasteiger partial charge in [0, 0.05) is 37.3 Å². The fraction of sp³-hybridized carbons (Fsp3) is 0.375. The van der Waals surface area contributed by atoms with Crippen molar-refractivity contribution in [1.82, 2.24) is 14.6 Å². The molecule has 0 radical (unpaired) electrons. The fourth-order valence-corrected chi connectivity index (χ4v) is 4.04. The summed E-state index contributed by atoms with van der Waals surface area (Å²) in [6.07, 6.45) is 7.82. The van der Waals surface area contributed by atoms with E-state index in [0.717, 1.165) is 19.0 Å². The molecule has 0 bridgehead atoms. The van der Waals surface area contributed by atoms with Gasteiger partial charge in [0.05, 0.1) is 23.9 Å². The van der Waals surface area contributed by atoms with Crippen LogP contribution in [0.5, 0.6) is 11.6 Å². The highest BCUT2D eigenvalue weighted by molar-refractivity contribution is 5.93. The third-order valence-electron chi connectivity index (χ3n) is 5.80. The molecule has 0 saturated heterocycles. The SMILES string of the molecule is CC(c1ccc(Oc2ncc(F)cc2F)cn1)C1CCC(F)(F)C(C2=CC=[N+]=C2)C1.CO.NC=O. The number of pyridine rings is 2. The molecule has 3 unspecified atom stereocenters. The maximum absolute atomic E-state index is 14.5. The van der Waals surface area contributed by atoms with Crippen LogP contribution in [0.4, 0.5) is 17.6 Å². The van der Waals surface area contributed by atoms with Crippen LogP contribution >= 0.6 is 0 Å². The molecule has 35 heavy (non-hydrogen) atoms. The van der Waals surface area contributed by atoms with E-state index in [9.17, 15) is 17.6 Å². The Balaban J connectivity index is 0.000000803. The molecule has 1 aliphatic heterocycles. The molecule has 2 aromatic heterocycles. The lowest BCUT2D eigenvalue weighted by Gasteiger charge is -2.37. The molecule has 2 aromatic rings. The second-order valence-corrected chi connectivity index (χ2v) is 7.83. The predicted molar refractivity (Wildman–Crippen MR) is 123 cm³/mol. The number of halogens is 4. The van der Waals surface area contributed by atoms with E-state index >= 15 is 0 Å². The maximum Gasteiger partial charge on any atom is 0.296 e. The highest BCUT2D eigenvalue weighted by Gasteiger charge is 2.48.